The van der Waals surface area contributed by atoms with E-state index in [9.17, 15) is 4.79 Å². The van der Waals surface area contributed by atoms with E-state index in [0.717, 1.165) is 48.4 Å². The summed E-state index contributed by atoms with van der Waals surface area (Å²) in [6.07, 6.45) is 2.01. The molecule has 2 saturated heterocycles. The zero-order chi connectivity index (χ0) is 20.0. The predicted octanol–water partition coefficient (Wildman–Crippen LogP) is 4.12. The zero-order valence-corrected chi connectivity index (χ0v) is 17.3. The molecule has 2 atom stereocenters. The van der Waals surface area contributed by atoms with Gasteiger partial charge in [0.15, 0.2) is 0 Å². The van der Waals surface area contributed by atoms with E-state index in [1.807, 2.05) is 35.2 Å². The number of nitrogens with two attached hydrogens (primary N) is 1. The maximum atomic E-state index is 11.4. The van der Waals surface area contributed by atoms with Gasteiger partial charge < -0.3 is 15.4 Å². The first-order valence-corrected chi connectivity index (χ1v) is 10.9. The second kappa shape index (κ2) is 7.48. The summed E-state index contributed by atoms with van der Waals surface area (Å²) in [5.41, 5.74) is 7.48. The molecule has 2 aliphatic heterocycles. The number of halogens is 1. The number of piperazine rings is 1. The van der Waals surface area contributed by atoms with E-state index in [1.165, 1.54) is 16.9 Å². The van der Waals surface area contributed by atoms with Crippen molar-refractivity contribution in [1.82, 2.24) is 14.8 Å². The highest BCUT2D eigenvalue weighted by Crippen LogP contribution is 2.34. The molecule has 3 aromatic rings. The number of hydrogen-bond acceptors (Lipinski definition) is 5. The number of likely N-dealkylation sites (tertiary alicyclic amines) is 2. The number of urea groups is 1. The van der Waals surface area contributed by atoms with Crippen molar-refractivity contribution in [3.8, 4) is 10.9 Å². The van der Waals surface area contributed by atoms with E-state index >= 15 is 0 Å². The van der Waals surface area contributed by atoms with E-state index in [4.69, 9.17) is 22.1 Å². The zero-order valence-electron chi connectivity index (χ0n) is 15.8. The first kappa shape index (κ1) is 18.7. The Morgan fingerprint density at radius 3 is 2.72 bits per heavy atom. The Hall–Kier alpha value is -2.35. The fourth-order valence-corrected chi connectivity index (χ4v) is 5.46. The van der Waals surface area contributed by atoms with Crippen molar-refractivity contribution in [2.45, 2.75) is 24.9 Å². The molecule has 0 saturated carbocycles. The molecule has 2 fully saturated rings. The molecular weight excluding hydrogens is 408 g/mol. The van der Waals surface area contributed by atoms with Crippen molar-refractivity contribution in [2.75, 3.05) is 19.6 Å². The summed E-state index contributed by atoms with van der Waals surface area (Å²) < 4.78 is 6.93. The molecule has 2 amide bonds. The lowest BCUT2D eigenvalue weighted by Gasteiger charge is -2.33. The lowest BCUT2D eigenvalue weighted by Crippen LogP contribution is -2.50. The van der Waals surface area contributed by atoms with Gasteiger partial charge in [-0.25, -0.2) is 9.78 Å². The quantitative estimate of drug-likeness (QED) is 0.663. The number of primary amides is 1. The van der Waals surface area contributed by atoms with Crippen LogP contribution in [0.1, 0.15) is 12.0 Å². The van der Waals surface area contributed by atoms with Gasteiger partial charge in [-0.2, -0.15) is 0 Å². The van der Waals surface area contributed by atoms with Crippen molar-refractivity contribution in [3.63, 3.8) is 0 Å². The highest BCUT2D eigenvalue weighted by Gasteiger charge is 2.44. The average Bonchev–Trinajstić information content (AvgIpc) is 3.41. The largest absolute Gasteiger partial charge is 0.431 e. The van der Waals surface area contributed by atoms with Crippen LogP contribution in [0.2, 0.25) is 5.02 Å². The molecule has 0 aliphatic carbocycles. The molecule has 6 nitrogen and oxygen atoms in total. The molecule has 2 bridgehead atoms. The van der Waals surface area contributed by atoms with Crippen LogP contribution in [0.5, 0.6) is 10.9 Å². The van der Waals surface area contributed by atoms with Gasteiger partial charge >= 0.3 is 6.03 Å². The third-order valence-corrected chi connectivity index (χ3v) is 7.01. The number of thiazole rings is 1. The van der Waals surface area contributed by atoms with Crippen molar-refractivity contribution in [3.05, 3.63) is 53.1 Å². The molecule has 0 radical (unpaired) electrons. The molecule has 5 rings (SSSR count). The van der Waals surface area contributed by atoms with E-state index in [-0.39, 0.29) is 12.1 Å². The molecule has 29 heavy (non-hydrogen) atoms. The van der Waals surface area contributed by atoms with Gasteiger partial charge in [0, 0.05) is 31.7 Å². The lowest BCUT2D eigenvalue weighted by molar-refractivity contribution is 0.142. The molecule has 8 heteroatoms. The van der Waals surface area contributed by atoms with Crippen LogP contribution in [0.4, 0.5) is 4.79 Å². The first-order valence-electron chi connectivity index (χ1n) is 9.69. The van der Waals surface area contributed by atoms with Crippen molar-refractivity contribution < 1.29 is 9.53 Å². The number of nitrogens with zero attached hydrogens (tertiary/aromatic N) is 3. The van der Waals surface area contributed by atoms with Crippen LogP contribution < -0.4 is 10.5 Å². The van der Waals surface area contributed by atoms with Gasteiger partial charge in [-0.1, -0.05) is 41.1 Å². The van der Waals surface area contributed by atoms with Gasteiger partial charge in [-0.05, 0) is 42.7 Å². The standard InChI is InChI=1S/C21H21ClN4O2S/c22-17-2-1-3-18-19(17)24-21(29-18)28-16-6-4-13(5-7-16)8-9-25-11-15-10-14(25)12-26(15)20(23)27/h1-7,14-15H,8-12H2,(H2,23,27). The number of rotatable bonds is 5. The molecule has 0 spiro atoms. The summed E-state index contributed by atoms with van der Waals surface area (Å²) in [5.74, 6) is 0.765. The monoisotopic (exact) mass is 428 g/mol. The molecule has 3 heterocycles. The topological polar surface area (TPSA) is 71.7 Å². The van der Waals surface area contributed by atoms with E-state index in [2.05, 4.69) is 22.0 Å². The summed E-state index contributed by atoms with van der Waals surface area (Å²) in [4.78, 5) is 20.2. The average molecular weight is 429 g/mol. The number of amides is 2. The minimum atomic E-state index is -0.289. The number of benzene rings is 2. The van der Waals surface area contributed by atoms with Crippen LogP contribution >= 0.6 is 22.9 Å². The van der Waals surface area contributed by atoms with Gasteiger partial charge in [0.05, 0.1) is 9.72 Å². The number of ether oxygens (including phenoxy) is 1. The normalized spacial score (nSPS) is 21.2. The van der Waals surface area contributed by atoms with Crippen molar-refractivity contribution in [2.24, 2.45) is 5.73 Å². The number of hydrogen-bond donors (Lipinski definition) is 1. The van der Waals surface area contributed by atoms with E-state index in [0.29, 0.717) is 16.3 Å². The molecule has 2 unspecified atom stereocenters. The maximum absolute atomic E-state index is 11.4. The molecule has 1 aromatic heterocycles. The second-order valence-electron chi connectivity index (χ2n) is 7.59. The Kier molecular flexibility index (Phi) is 4.81. The lowest BCUT2D eigenvalue weighted by atomic mass is 10.1. The van der Waals surface area contributed by atoms with Crippen LogP contribution in [0, 0.1) is 0 Å². The third kappa shape index (κ3) is 3.66. The van der Waals surface area contributed by atoms with Crippen LogP contribution in [0.3, 0.4) is 0 Å². The Morgan fingerprint density at radius 2 is 2.03 bits per heavy atom. The highest BCUT2D eigenvalue weighted by molar-refractivity contribution is 7.20. The second-order valence-corrected chi connectivity index (χ2v) is 8.99. The Bertz CT molecular complexity index is 1050. The van der Waals surface area contributed by atoms with Gasteiger partial charge in [0.2, 0.25) is 0 Å². The number of fused-ring (bicyclic) bond motifs is 3. The summed E-state index contributed by atoms with van der Waals surface area (Å²) in [6.45, 7) is 2.68. The minimum absolute atomic E-state index is 0.288. The molecule has 150 valence electrons. The van der Waals surface area contributed by atoms with Gasteiger partial charge in [0.1, 0.15) is 11.3 Å². The Morgan fingerprint density at radius 1 is 1.21 bits per heavy atom. The Labute approximate surface area is 177 Å². The van der Waals surface area contributed by atoms with E-state index < -0.39 is 0 Å². The SMILES string of the molecule is NC(=O)N1CC2CC1CN2CCc1ccc(Oc2nc3c(Cl)cccc3s2)cc1. The van der Waals surface area contributed by atoms with E-state index in [1.54, 1.807) is 0 Å². The smallest absolute Gasteiger partial charge is 0.315 e. The number of para-hydroxylation sites is 1. The molecule has 2 aliphatic rings. The fourth-order valence-electron chi connectivity index (χ4n) is 4.33. The van der Waals surface area contributed by atoms with Crippen LogP contribution in [-0.4, -0.2) is 52.5 Å². The predicted molar refractivity (Wildman–Crippen MR) is 115 cm³/mol. The third-order valence-electron chi connectivity index (χ3n) is 5.80. The number of aromatic nitrogens is 1. The van der Waals surface area contributed by atoms with Gasteiger partial charge in [-0.3, -0.25) is 4.90 Å². The highest BCUT2D eigenvalue weighted by atomic mass is 35.5. The van der Waals surface area contributed by atoms with Crippen LogP contribution in [-0.2, 0) is 6.42 Å². The minimum Gasteiger partial charge on any atom is -0.431 e. The number of carbonyl (C=O) groups is 1. The molecular formula is C21H21ClN4O2S. The van der Waals surface area contributed by atoms with Crippen molar-refractivity contribution in [1.29, 1.82) is 0 Å². The van der Waals surface area contributed by atoms with Gasteiger partial charge in [0.25, 0.3) is 5.19 Å². The Balaban J connectivity index is 1.18. The fraction of sp³-hybridized carbons (Fsp3) is 0.333. The molecule has 2 N–H and O–H groups in total. The number of carbonyl (C=O) groups excluding carboxylic acids is 1. The van der Waals surface area contributed by atoms with Crippen LogP contribution in [0.15, 0.2) is 42.5 Å². The molecule has 2 aromatic carbocycles. The summed E-state index contributed by atoms with van der Waals surface area (Å²) in [6, 6.07) is 14.3. The summed E-state index contributed by atoms with van der Waals surface area (Å²) in [7, 11) is 0. The first-order chi connectivity index (χ1) is 14.1. The van der Waals surface area contributed by atoms with Crippen LogP contribution in [0.25, 0.3) is 10.2 Å². The van der Waals surface area contributed by atoms with Crippen molar-refractivity contribution >= 4 is 39.2 Å². The summed E-state index contributed by atoms with van der Waals surface area (Å²) in [5, 5.41) is 1.23. The maximum Gasteiger partial charge on any atom is 0.315 e. The summed E-state index contributed by atoms with van der Waals surface area (Å²) >= 11 is 7.67. The van der Waals surface area contributed by atoms with Gasteiger partial charge in [-0.15, -0.1) is 0 Å².